The van der Waals surface area contributed by atoms with Gasteiger partial charge in [0.05, 0.1) is 19.8 Å². The minimum atomic E-state index is 0. The summed E-state index contributed by atoms with van der Waals surface area (Å²) in [6.45, 7) is 6.32. The summed E-state index contributed by atoms with van der Waals surface area (Å²) in [6, 6.07) is 8.29. The lowest BCUT2D eigenvalue weighted by molar-refractivity contribution is 0.0168. The molecule has 2 atom stereocenters. The van der Waals surface area contributed by atoms with Crippen LogP contribution in [0.2, 0.25) is 0 Å². The summed E-state index contributed by atoms with van der Waals surface area (Å²) in [4.78, 5) is 4.28. The van der Waals surface area contributed by atoms with Gasteiger partial charge in [0.2, 0.25) is 0 Å². The largest absolute Gasteiger partial charge is 0.497 e. The maximum absolute atomic E-state index is 5.68. The summed E-state index contributed by atoms with van der Waals surface area (Å²) in [6.07, 6.45) is 4.59. The van der Waals surface area contributed by atoms with Crippen LogP contribution in [0.4, 0.5) is 0 Å². The quantitative estimate of drug-likeness (QED) is 0.209. The highest BCUT2D eigenvalue weighted by molar-refractivity contribution is 14.0. The van der Waals surface area contributed by atoms with E-state index in [-0.39, 0.29) is 24.0 Å². The number of hydrogen-bond acceptors (Lipinski definition) is 4. The first-order chi connectivity index (χ1) is 13.2. The van der Waals surface area contributed by atoms with E-state index in [1.807, 2.05) is 12.1 Å². The van der Waals surface area contributed by atoms with Gasteiger partial charge in [-0.25, -0.2) is 0 Å². The fraction of sp³-hybridized carbons (Fsp3) is 0.667. The van der Waals surface area contributed by atoms with Crippen LogP contribution in [0.25, 0.3) is 0 Å². The Morgan fingerprint density at radius 3 is 2.64 bits per heavy atom. The first-order valence-corrected chi connectivity index (χ1v) is 10.0. The average molecular weight is 505 g/mol. The SMILES string of the molecule is CN=C(NCCCOCC1CCCO1)NCCC(C)c1ccc(OC)cc1.I. The number of nitrogens with zero attached hydrogens (tertiary/aromatic N) is 1. The van der Waals surface area contributed by atoms with E-state index in [9.17, 15) is 0 Å². The van der Waals surface area contributed by atoms with Gasteiger partial charge in [0.15, 0.2) is 5.96 Å². The Morgan fingerprint density at radius 1 is 1.25 bits per heavy atom. The first-order valence-electron chi connectivity index (χ1n) is 10.0. The molecule has 1 saturated heterocycles. The van der Waals surface area contributed by atoms with Crippen LogP contribution >= 0.6 is 24.0 Å². The number of methoxy groups -OCH3 is 1. The predicted octanol–water partition coefficient (Wildman–Crippen LogP) is 3.56. The van der Waals surface area contributed by atoms with Crippen molar-refractivity contribution in [1.82, 2.24) is 10.6 Å². The number of halogens is 1. The minimum absolute atomic E-state index is 0. The Balaban J connectivity index is 0.00000392. The number of ether oxygens (including phenoxy) is 3. The van der Waals surface area contributed by atoms with Gasteiger partial charge in [0.25, 0.3) is 0 Å². The molecule has 1 aliphatic rings. The van der Waals surface area contributed by atoms with Gasteiger partial charge in [-0.1, -0.05) is 19.1 Å². The molecule has 0 saturated carbocycles. The predicted molar refractivity (Wildman–Crippen MR) is 125 cm³/mol. The maximum Gasteiger partial charge on any atom is 0.190 e. The van der Waals surface area contributed by atoms with E-state index in [1.54, 1.807) is 14.2 Å². The molecule has 0 aliphatic carbocycles. The van der Waals surface area contributed by atoms with E-state index in [1.165, 1.54) is 5.56 Å². The summed E-state index contributed by atoms with van der Waals surface area (Å²) >= 11 is 0. The lowest BCUT2D eigenvalue weighted by Gasteiger charge is -2.16. The summed E-state index contributed by atoms with van der Waals surface area (Å²) in [7, 11) is 3.49. The average Bonchev–Trinajstić information content (AvgIpc) is 3.22. The van der Waals surface area contributed by atoms with Crippen molar-refractivity contribution in [1.29, 1.82) is 0 Å². The third-order valence-corrected chi connectivity index (χ3v) is 4.86. The zero-order chi connectivity index (χ0) is 19.3. The Morgan fingerprint density at radius 2 is 2.00 bits per heavy atom. The van der Waals surface area contributed by atoms with Crippen LogP contribution in [0.15, 0.2) is 29.3 Å². The molecule has 2 unspecified atom stereocenters. The number of aliphatic imine (C=N–C) groups is 1. The number of benzene rings is 1. The van der Waals surface area contributed by atoms with E-state index in [2.05, 4.69) is 34.7 Å². The zero-order valence-corrected chi connectivity index (χ0v) is 19.7. The Kier molecular flexibility index (Phi) is 13.3. The van der Waals surface area contributed by atoms with E-state index in [0.717, 1.165) is 70.3 Å². The topological polar surface area (TPSA) is 64.1 Å². The summed E-state index contributed by atoms with van der Waals surface area (Å²) < 4.78 is 16.4. The molecular formula is C21H36IN3O3. The highest BCUT2D eigenvalue weighted by Gasteiger charge is 2.14. The summed E-state index contributed by atoms with van der Waals surface area (Å²) in [5.41, 5.74) is 1.32. The molecule has 6 nitrogen and oxygen atoms in total. The molecule has 0 amide bonds. The standard InChI is InChI=1S/C21H35N3O3.HI/c1-17(18-7-9-19(25-3)10-8-18)11-13-24-21(22-2)23-12-5-14-26-16-20-6-4-15-27-20;/h7-10,17,20H,4-6,11-16H2,1-3H3,(H2,22,23,24);1H. The Hall–Kier alpha value is -1.06. The lowest BCUT2D eigenvalue weighted by atomic mass is 9.98. The van der Waals surface area contributed by atoms with Gasteiger partial charge in [0, 0.05) is 33.4 Å². The second-order valence-electron chi connectivity index (χ2n) is 6.95. The molecule has 2 N–H and O–H groups in total. The molecule has 1 fully saturated rings. The van der Waals surface area contributed by atoms with E-state index in [4.69, 9.17) is 14.2 Å². The van der Waals surface area contributed by atoms with E-state index < -0.39 is 0 Å². The van der Waals surface area contributed by atoms with Crippen LogP contribution < -0.4 is 15.4 Å². The monoisotopic (exact) mass is 505 g/mol. The van der Waals surface area contributed by atoms with Gasteiger partial charge >= 0.3 is 0 Å². The fourth-order valence-corrected chi connectivity index (χ4v) is 3.10. The molecular weight excluding hydrogens is 469 g/mol. The van der Waals surface area contributed by atoms with Crippen molar-refractivity contribution >= 4 is 29.9 Å². The molecule has 28 heavy (non-hydrogen) atoms. The second kappa shape index (κ2) is 14.9. The molecule has 2 rings (SSSR count). The van der Waals surface area contributed by atoms with Gasteiger partial charge in [0.1, 0.15) is 5.75 Å². The van der Waals surface area contributed by atoms with Crippen molar-refractivity contribution in [3.05, 3.63) is 29.8 Å². The second-order valence-corrected chi connectivity index (χ2v) is 6.95. The molecule has 0 radical (unpaired) electrons. The third kappa shape index (κ3) is 9.43. The number of guanidine groups is 1. The van der Waals surface area contributed by atoms with Crippen molar-refractivity contribution in [2.75, 3.05) is 47.1 Å². The van der Waals surface area contributed by atoms with Gasteiger partial charge in [-0.05, 0) is 49.3 Å². The molecule has 1 aromatic carbocycles. The highest BCUT2D eigenvalue weighted by atomic mass is 127. The van der Waals surface area contributed by atoms with Gasteiger partial charge < -0.3 is 24.8 Å². The summed E-state index contributed by atoms with van der Waals surface area (Å²) in [5.74, 6) is 2.22. The molecule has 0 aromatic heterocycles. The molecule has 1 heterocycles. The zero-order valence-electron chi connectivity index (χ0n) is 17.4. The van der Waals surface area contributed by atoms with Crippen LogP contribution in [-0.4, -0.2) is 59.1 Å². The Labute approximate surface area is 186 Å². The Bertz CT molecular complexity index is 548. The molecule has 160 valence electrons. The van der Waals surface area contributed by atoms with Crippen LogP contribution in [0.3, 0.4) is 0 Å². The third-order valence-electron chi connectivity index (χ3n) is 4.86. The molecule has 0 bridgehead atoms. The normalized spacial score (nSPS) is 17.7. The fourth-order valence-electron chi connectivity index (χ4n) is 3.10. The van der Waals surface area contributed by atoms with E-state index >= 15 is 0 Å². The smallest absolute Gasteiger partial charge is 0.190 e. The highest BCUT2D eigenvalue weighted by Crippen LogP contribution is 2.21. The van der Waals surface area contributed by atoms with Crippen molar-refractivity contribution in [2.45, 2.75) is 44.6 Å². The van der Waals surface area contributed by atoms with Crippen molar-refractivity contribution < 1.29 is 14.2 Å². The van der Waals surface area contributed by atoms with Gasteiger partial charge in [-0.15, -0.1) is 24.0 Å². The molecule has 1 aromatic rings. The molecule has 0 spiro atoms. The van der Waals surface area contributed by atoms with Crippen molar-refractivity contribution in [3.63, 3.8) is 0 Å². The van der Waals surface area contributed by atoms with Crippen LogP contribution in [0.1, 0.15) is 44.1 Å². The van der Waals surface area contributed by atoms with E-state index in [0.29, 0.717) is 12.0 Å². The molecule has 1 aliphatic heterocycles. The van der Waals surface area contributed by atoms with Crippen LogP contribution in [-0.2, 0) is 9.47 Å². The number of nitrogens with one attached hydrogen (secondary N) is 2. The summed E-state index contributed by atoms with van der Waals surface area (Å²) in [5, 5.41) is 6.72. The van der Waals surface area contributed by atoms with Crippen LogP contribution in [0.5, 0.6) is 5.75 Å². The van der Waals surface area contributed by atoms with Gasteiger partial charge in [-0.2, -0.15) is 0 Å². The lowest BCUT2D eigenvalue weighted by Crippen LogP contribution is -2.38. The maximum atomic E-state index is 5.68. The van der Waals surface area contributed by atoms with Gasteiger partial charge in [-0.3, -0.25) is 4.99 Å². The first kappa shape index (κ1) is 25.0. The molecule has 7 heteroatoms. The minimum Gasteiger partial charge on any atom is -0.497 e. The number of rotatable bonds is 11. The van der Waals surface area contributed by atoms with Crippen molar-refractivity contribution in [2.24, 2.45) is 4.99 Å². The number of hydrogen-bond donors (Lipinski definition) is 2. The van der Waals surface area contributed by atoms with Crippen LogP contribution in [0, 0.1) is 0 Å². The van der Waals surface area contributed by atoms with Crippen molar-refractivity contribution in [3.8, 4) is 5.75 Å².